The molecular formula is C13H15BrN2O4. The van der Waals surface area contributed by atoms with Crippen molar-refractivity contribution in [3.05, 3.63) is 37.2 Å². The number of hydrogen-bond donors (Lipinski definition) is 0. The molecule has 0 aromatic carbocycles. The minimum absolute atomic E-state index is 0.0146. The summed E-state index contributed by atoms with van der Waals surface area (Å²) >= 11 is 3.13. The maximum absolute atomic E-state index is 12.2. The van der Waals surface area contributed by atoms with Gasteiger partial charge in [-0.05, 0) is 28.8 Å². The third kappa shape index (κ3) is 3.33. The Bertz CT molecular complexity index is 591. The van der Waals surface area contributed by atoms with Crippen LogP contribution in [0.2, 0.25) is 0 Å². The Hall–Kier alpha value is -1.50. The van der Waals surface area contributed by atoms with Crippen LogP contribution in [-0.2, 0) is 11.3 Å². The number of nitrogens with zero attached hydrogens (tertiary/aromatic N) is 2. The van der Waals surface area contributed by atoms with Gasteiger partial charge in [0.2, 0.25) is 0 Å². The lowest BCUT2D eigenvalue weighted by Gasteiger charge is -2.20. The number of nitro groups is 1. The van der Waals surface area contributed by atoms with E-state index >= 15 is 0 Å². The molecule has 0 radical (unpaired) electrons. The number of Topliss-reactive ketones (excluding diaryl/α,β-unsaturated/α-hetero) is 1. The predicted octanol–water partition coefficient (Wildman–Crippen LogP) is 2.67. The van der Waals surface area contributed by atoms with E-state index in [0.717, 1.165) is 42.7 Å². The van der Waals surface area contributed by atoms with Gasteiger partial charge in [-0.1, -0.05) is 19.3 Å². The number of aromatic nitrogens is 1. The molecule has 0 aliphatic heterocycles. The lowest BCUT2D eigenvalue weighted by molar-refractivity contribution is -0.386. The first-order valence-electron chi connectivity index (χ1n) is 6.56. The molecule has 0 unspecified atom stereocenters. The van der Waals surface area contributed by atoms with E-state index in [0.29, 0.717) is 4.47 Å². The summed E-state index contributed by atoms with van der Waals surface area (Å²) in [5.41, 5.74) is -1.25. The zero-order chi connectivity index (χ0) is 14.7. The van der Waals surface area contributed by atoms with Crippen molar-refractivity contribution in [2.75, 3.05) is 0 Å². The Kier molecular flexibility index (Phi) is 4.69. The van der Waals surface area contributed by atoms with Gasteiger partial charge in [0.1, 0.15) is 0 Å². The molecule has 2 rings (SSSR count). The zero-order valence-corrected chi connectivity index (χ0v) is 12.5. The molecule has 6 nitrogen and oxygen atoms in total. The largest absolute Gasteiger partial charge is 0.335 e. The lowest BCUT2D eigenvalue weighted by atomic mass is 9.86. The minimum Gasteiger partial charge on any atom is -0.301 e. The maximum Gasteiger partial charge on any atom is 0.335 e. The van der Waals surface area contributed by atoms with Crippen molar-refractivity contribution in [3.63, 3.8) is 0 Å². The molecule has 1 aromatic rings. The van der Waals surface area contributed by atoms with Crippen molar-refractivity contribution in [1.82, 2.24) is 4.57 Å². The van der Waals surface area contributed by atoms with Crippen molar-refractivity contribution in [2.45, 2.75) is 38.6 Å². The Morgan fingerprint density at radius 3 is 2.65 bits per heavy atom. The van der Waals surface area contributed by atoms with Gasteiger partial charge in [0.15, 0.2) is 5.78 Å². The van der Waals surface area contributed by atoms with Crippen LogP contribution in [0.4, 0.5) is 5.69 Å². The standard InChI is InChI=1S/C13H15BrN2O4/c14-10-6-11(16(19)20)13(18)15(7-10)8-12(17)9-4-2-1-3-5-9/h6-7,9H,1-5,8H2. The first-order chi connectivity index (χ1) is 9.49. The van der Waals surface area contributed by atoms with Gasteiger partial charge in [-0.25, -0.2) is 0 Å². The van der Waals surface area contributed by atoms with Gasteiger partial charge in [-0.15, -0.1) is 0 Å². The predicted molar refractivity (Wildman–Crippen MR) is 76.6 cm³/mol. The molecule has 0 bridgehead atoms. The van der Waals surface area contributed by atoms with Gasteiger partial charge in [-0.3, -0.25) is 19.7 Å². The van der Waals surface area contributed by atoms with Crippen LogP contribution in [0.25, 0.3) is 0 Å². The fourth-order valence-electron chi connectivity index (χ4n) is 2.55. The van der Waals surface area contributed by atoms with E-state index in [2.05, 4.69) is 15.9 Å². The van der Waals surface area contributed by atoms with Crippen molar-refractivity contribution in [1.29, 1.82) is 0 Å². The number of halogens is 1. The second-order valence-electron chi connectivity index (χ2n) is 5.03. The highest BCUT2D eigenvalue weighted by atomic mass is 79.9. The highest BCUT2D eigenvalue weighted by Crippen LogP contribution is 2.25. The fraction of sp³-hybridized carbons (Fsp3) is 0.538. The maximum atomic E-state index is 12.2. The molecule has 0 amide bonds. The summed E-state index contributed by atoms with van der Waals surface area (Å²) in [6.07, 6.45) is 6.34. The molecule has 1 heterocycles. The number of carbonyl (C=O) groups is 1. The number of rotatable bonds is 4. The van der Waals surface area contributed by atoms with E-state index in [9.17, 15) is 19.7 Å². The second kappa shape index (κ2) is 6.30. The summed E-state index contributed by atoms with van der Waals surface area (Å²) in [7, 11) is 0. The number of pyridine rings is 1. The molecule has 0 saturated heterocycles. The molecule has 1 aliphatic rings. The number of ketones is 1. The molecule has 0 atom stereocenters. The molecule has 7 heteroatoms. The van der Waals surface area contributed by atoms with Crippen LogP contribution in [0.1, 0.15) is 32.1 Å². The minimum atomic E-state index is -0.734. The van der Waals surface area contributed by atoms with E-state index in [1.165, 1.54) is 6.20 Å². The monoisotopic (exact) mass is 342 g/mol. The van der Waals surface area contributed by atoms with Crippen molar-refractivity contribution in [3.8, 4) is 0 Å². The molecule has 0 N–H and O–H groups in total. The van der Waals surface area contributed by atoms with Crippen LogP contribution < -0.4 is 5.56 Å². The third-order valence-corrected chi connectivity index (χ3v) is 4.05. The smallest absolute Gasteiger partial charge is 0.301 e. The molecular weight excluding hydrogens is 328 g/mol. The van der Waals surface area contributed by atoms with Crippen LogP contribution in [0, 0.1) is 16.0 Å². The van der Waals surface area contributed by atoms with Gasteiger partial charge < -0.3 is 4.57 Å². The van der Waals surface area contributed by atoms with Crippen LogP contribution in [0.5, 0.6) is 0 Å². The molecule has 1 aromatic heterocycles. The highest BCUT2D eigenvalue weighted by molar-refractivity contribution is 9.10. The normalized spacial score (nSPS) is 16.1. The van der Waals surface area contributed by atoms with Gasteiger partial charge in [0.05, 0.1) is 11.5 Å². The summed E-state index contributed by atoms with van der Waals surface area (Å²) in [5.74, 6) is -0.0344. The molecule has 108 valence electrons. The first kappa shape index (κ1) is 14.9. The Morgan fingerprint density at radius 1 is 1.40 bits per heavy atom. The Labute approximate surface area is 124 Å². The van der Waals surface area contributed by atoms with E-state index in [1.807, 2.05) is 0 Å². The van der Waals surface area contributed by atoms with Crippen molar-refractivity contribution >= 4 is 27.4 Å². The van der Waals surface area contributed by atoms with E-state index in [-0.39, 0.29) is 18.2 Å². The molecule has 1 saturated carbocycles. The van der Waals surface area contributed by atoms with E-state index in [4.69, 9.17) is 0 Å². The van der Waals surface area contributed by atoms with Crippen molar-refractivity contribution < 1.29 is 9.72 Å². The highest BCUT2D eigenvalue weighted by Gasteiger charge is 2.23. The summed E-state index contributed by atoms with van der Waals surface area (Å²) in [6, 6.07) is 1.16. The quantitative estimate of drug-likeness (QED) is 0.622. The van der Waals surface area contributed by atoms with Gasteiger partial charge in [0, 0.05) is 22.7 Å². The van der Waals surface area contributed by atoms with Crippen LogP contribution in [0.3, 0.4) is 0 Å². The van der Waals surface area contributed by atoms with Crippen LogP contribution >= 0.6 is 15.9 Å². The van der Waals surface area contributed by atoms with Crippen LogP contribution in [0.15, 0.2) is 21.5 Å². The summed E-state index contributed by atoms with van der Waals surface area (Å²) in [6.45, 7) is -0.0935. The Morgan fingerprint density at radius 2 is 2.05 bits per heavy atom. The SMILES string of the molecule is O=C(Cn1cc(Br)cc([N+](=O)[O-])c1=O)C1CCCCC1. The van der Waals surface area contributed by atoms with Gasteiger partial charge >= 0.3 is 11.2 Å². The number of carbonyl (C=O) groups excluding carboxylic acids is 1. The molecule has 0 spiro atoms. The summed E-state index contributed by atoms with van der Waals surface area (Å²) in [4.78, 5) is 34.2. The third-order valence-electron chi connectivity index (χ3n) is 3.62. The van der Waals surface area contributed by atoms with Crippen LogP contribution in [-0.4, -0.2) is 15.3 Å². The summed E-state index contributed by atoms with van der Waals surface area (Å²) < 4.78 is 1.54. The van der Waals surface area contributed by atoms with Gasteiger partial charge in [0.25, 0.3) is 0 Å². The lowest BCUT2D eigenvalue weighted by Crippen LogP contribution is -2.29. The number of hydrogen-bond acceptors (Lipinski definition) is 4. The van der Waals surface area contributed by atoms with E-state index < -0.39 is 16.2 Å². The summed E-state index contributed by atoms with van der Waals surface area (Å²) in [5, 5.41) is 10.8. The zero-order valence-electron chi connectivity index (χ0n) is 10.9. The molecule has 20 heavy (non-hydrogen) atoms. The second-order valence-corrected chi connectivity index (χ2v) is 5.95. The van der Waals surface area contributed by atoms with Gasteiger partial charge in [-0.2, -0.15) is 0 Å². The fourth-order valence-corrected chi connectivity index (χ4v) is 3.02. The average molecular weight is 343 g/mol. The molecule has 1 aliphatic carbocycles. The molecule has 1 fully saturated rings. The van der Waals surface area contributed by atoms with Crippen molar-refractivity contribution in [2.24, 2.45) is 5.92 Å². The Balaban J connectivity index is 2.22. The first-order valence-corrected chi connectivity index (χ1v) is 7.35. The topological polar surface area (TPSA) is 82.2 Å². The average Bonchev–Trinajstić information content (AvgIpc) is 2.43. The van der Waals surface area contributed by atoms with E-state index in [1.54, 1.807) is 0 Å².